The summed E-state index contributed by atoms with van der Waals surface area (Å²) >= 11 is 0. The summed E-state index contributed by atoms with van der Waals surface area (Å²) < 4.78 is 0. The number of hydrogen-bond acceptors (Lipinski definition) is 5. The number of piperidine rings is 1. The van der Waals surface area contributed by atoms with Crippen LogP contribution in [-0.2, 0) is 0 Å². The van der Waals surface area contributed by atoms with Gasteiger partial charge in [-0.25, -0.2) is 9.97 Å². The smallest absolute Gasteiger partial charge is 0.260 e. The predicted octanol–water partition coefficient (Wildman–Crippen LogP) is 0.278. The van der Waals surface area contributed by atoms with E-state index in [0.717, 1.165) is 56.0 Å². The van der Waals surface area contributed by atoms with Crippen LogP contribution in [0.2, 0.25) is 0 Å². The number of aliphatic hydroxyl groups is 1. The molecule has 0 unspecified atom stereocenters. The first-order valence-corrected chi connectivity index (χ1v) is 7.63. The lowest BCUT2D eigenvalue weighted by Crippen LogP contribution is -2.37. The highest BCUT2D eigenvalue weighted by atomic mass is 16.3. The summed E-state index contributed by atoms with van der Waals surface area (Å²) in [6.07, 6.45) is 6.74. The third-order valence-electron chi connectivity index (χ3n) is 4.08. The van der Waals surface area contributed by atoms with Crippen LogP contribution >= 0.6 is 0 Å². The van der Waals surface area contributed by atoms with Gasteiger partial charge < -0.3 is 20.3 Å². The number of aliphatic hydroxyl groups excluding tert-OH is 1. The molecule has 7 nitrogen and oxygen atoms in total. The van der Waals surface area contributed by atoms with Gasteiger partial charge in [-0.1, -0.05) is 4.98 Å². The molecule has 0 spiro atoms. The van der Waals surface area contributed by atoms with E-state index >= 15 is 0 Å². The van der Waals surface area contributed by atoms with E-state index < -0.39 is 0 Å². The molecule has 7 heteroatoms. The van der Waals surface area contributed by atoms with Crippen LogP contribution in [0, 0.1) is 5.92 Å². The highest BCUT2D eigenvalue weighted by molar-refractivity contribution is 5.79. The maximum atomic E-state index is 9.25. The standard InChI is InChI=1S/C14H22N6O/c21-8-11-3-1-5-20(7-11)6-2-4-15-13-12-14(17-9-16-12)19-10-18-13/h9-11,21H,1-8H2,(H2,15,16,17,18,19)/p+1/t11-/m0/s1. The van der Waals surface area contributed by atoms with Crippen molar-refractivity contribution >= 4 is 17.0 Å². The van der Waals surface area contributed by atoms with Gasteiger partial charge >= 0.3 is 0 Å². The van der Waals surface area contributed by atoms with Crippen LogP contribution in [0.4, 0.5) is 5.82 Å². The Morgan fingerprint density at radius 3 is 3.33 bits per heavy atom. The van der Waals surface area contributed by atoms with Crippen molar-refractivity contribution in [2.24, 2.45) is 5.92 Å². The summed E-state index contributed by atoms with van der Waals surface area (Å²) in [6.45, 7) is 4.47. The van der Waals surface area contributed by atoms with E-state index in [4.69, 9.17) is 0 Å². The summed E-state index contributed by atoms with van der Waals surface area (Å²) in [4.78, 5) is 16.9. The number of imidazole rings is 1. The molecule has 2 aromatic rings. The average Bonchev–Trinajstić information content (AvgIpc) is 3.01. The molecule has 3 rings (SSSR count). The molecule has 4 N–H and O–H groups in total. The molecule has 1 atom stereocenters. The molecule has 21 heavy (non-hydrogen) atoms. The van der Waals surface area contributed by atoms with Gasteiger partial charge in [0.05, 0.1) is 12.9 Å². The van der Waals surface area contributed by atoms with Gasteiger partial charge in [-0.3, -0.25) is 0 Å². The Bertz CT molecular complexity index is 571. The summed E-state index contributed by atoms with van der Waals surface area (Å²) in [5, 5.41) is 12.6. The second-order valence-corrected chi connectivity index (χ2v) is 5.65. The predicted molar refractivity (Wildman–Crippen MR) is 79.8 cm³/mol. The quantitative estimate of drug-likeness (QED) is 0.665. The molecule has 0 aromatic carbocycles. The lowest BCUT2D eigenvalue weighted by Gasteiger charge is -2.31. The van der Waals surface area contributed by atoms with E-state index in [0.29, 0.717) is 12.5 Å². The molecule has 1 aliphatic heterocycles. The maximum absolute atomic E-state index is 9.25. The van der Waals surface area contributed by atoms with E-state index in [1.54, 1.807) is 12.7 Å². The molecule has 0 amide bonds. The molecular formula is C14H23N6O+. The fourth-order valence-electron chi connectivity index (χ4n) is 2.96. The molecule has 3 heterocycles. The Balaban J connectivity index is 1.45. The second kappa shape index (κ2) is 6.82. The zero-order valence-electron chi connectivity index (χ0n) is 12.2. The second-order valence-electron chi connectivity index (χ2n) is 5.65. The first-order valence-electron chi connectivity index (χ1n) is 7.63. The molecule has 2 aromatic heterocycles. The van der Waals surface area contributed by atoms with Crippen molar-refractivity contribution < 1.29 is 10.1 Å². The van der Waals surface area contributed by atoms with Gasteiger partial charge in [-0.05, 0) is 31.7 Å². The Kier molecular flexibility index (Phi) is 4.62. The molecule has 0 bridgehead atoms. The van der Waals surface area contributed by atoms with Crippen molar-refractivity contribution in [2.75, 3.05) is 38.1 Å². The van der Waals surface area contributed by atoms with Crippen LogP contribution in [0.25, 0.3) is 11.2 Å². The number of aromatic nitrogens is 4. The third-order valence-corrected chi connectivity index (χ3v) is 4.08. The molecule has 0 saturated carbocycles. The Labute approximate surface area is 123 Å². The lowest BCUT2D eigenvalue weighted by molar-refractivity contribution is -0.364. The Morgan fingerprint density at radius 2 is 2.43 bits per heavy atom. The first kappa shape index (κ1) is 14.2. The van der Waals surface area contributed by atoms with E-state index in [1.165, 1.54) is 6.42 Å². The largest absolute Gasteiger partial charge is 0.396 e. The van der Waals surface area contributed by atoms with Crippen LogP contribution < -0.4 is 10.3 Å². The normalized spacial score (nSPS) is 20.0. The highest BCUT2D eigenvalue weighted by Crippen LogP contribution is 2.16. The Hall–Kier alpha value is -1.73. The topological polar surface area (TPSA) is 91.2 Å². The van der Waals surface area contributed by atoms with Gasteiger partial charge in [-0.2, -0.15) is 0 Å². The molecule has 114 valence electrons. The van der Waals surface area contributed by atoms with E-state index in [2.05, 4.69) is 30.2 Å². The molecular weight excluding hydrogens is 268 g/mol. The number of fused-ring (bicyclic) bond motifs is 1. The maximum Gasteiger partial charge on any atom is 0.260 e. The summed E-state index contributed by atoms with van der Waals surface area (Å²) in [5.74, 6) is 1.40. The Morgan fingerprint density at radius 1 is 1.48 bits per heavy atom. The molecule has 0 aliphatic carbocycles. The number of hydrogen-bond donors (Lipinski definition) is 3. The number of rotatable bonds is 6. The fraction of sp³-hybridized carbons (Fsp3) is 0.643. The van der Waals surface area contributed by atoms with Gasteiger partial charge in [0, 0.05) is 19.7 Å². The third kappa shape index (κ3) is 3.48. The SMILES string of the molecule is OC[C@H]1CCCN(CCCNc2[nH+]cnc3nc[nH]c23)C1. The number of anilines is 1. The van der Waals surface area contributed by atoms with Crippen molar-refractivity contribution in [1.29, 1.82) is 0 Å². The van der Waals surface area contributed by atoms with Gasteiger partial charge in [0.15, 0.2) is 5.52 Å². The van der Waals surface area contributed by atoms with Crippen molar-refractivity contribution in [2.45, 2.75) is 19.3 Å². The van der Waals surface area contributed by atoms with E-state index in [9.17, 15) is 5.11 Å². The van der Waals surface area contributed by atoms with E-state index in [-0.39, 0.29) is 0 Å². The van der Waals surface area contributed by atoms with Crippen LogP contribution in [0.3, 0.4) is 0 Å². The lowest BCUT2D eigenvalue weighted by atomic mass is 9.99. The molecule has 1 saturated heterocycles. The first-order chi connectivity index (χ1) is 10.4. The summed E-state index contributed by atoms with van der Waals surface area (Å²) in [5.41, 5.74) is 1.63. The minimum Gasteiger partial charge on any atom is -0.396 e. The van der Waals surface area contributed by atoms with Gasteiger partial charge in [0.1, 0.15) is 0 Å². The molecule has 1 fully saturated rings. The van der Waals surface area contributed by atoms with Crippen LogP contribution in [-0.4, -0.2) is 57.7 Å². The monoisotopic (exact) mass is 291 g/mol. The van der Waals surface area contributed by atoms with E-state index in [1.807, 2.05) is 0 Å². The summed E-state index contributed by atoms with van der Waals surface area (Å²) in [7, 11) is 0. The van der Waals surface area contributed by atoms with Gasteiger partial charge in [0.25, 0.3) is 5.65 Å². The van der Waals surface area contributed by atoms with Crippen LogP contribution in [0.5, 0.6) is 0 Å². The van der Waals surface area contributed by atoms with Crippen molar-refractivity contribution in [3.63, 3.8) is 0 Å². The number of nitrogens with zero attached hydrogens (tertiary/aromatic N) is 3. The van der Waals surface area contributed by atoms with Crippen molar-refractivity contribution in [1.82, 2.24) is 19.9 Å². The summed E-state index contributed by atoms with van der Waals surface area (Å²) in [6, 6.07) is 0. The molecule has 0 radical (unpaired) electrons. The number of nitrogens with one attached hydrogen (secondary N) is 3. The van der Waals surface area contributed by atoms with Gasteiger partial charge in [-0.15, -0.1) is 0 Å². The zero-order chi connectivity index (χ0) is 14.5. The minimum atomic E-state index is 0.318. The van der Waals surface area contributed by atoms with Crippen molar-refractivity contribution in [3.8, 4) is 0 Å². The fourth-order valence-corrected chi connectivity index (χ4v) is 2.96. The van der Waals surface area contributed by atoms with Crippen LogP contribution in [0.1, 0.15) is 19.3 Å². The van der Waals surface area contributed by atoms with Gasteiger partial charge in [0.2, 0.25) is 12.1 Å². The van der Waals surface area contributed by atoms with Crippen LogP contribution in [0.15, 0.2) is 12.7 Å². The highest BCUT2D eigenvalue weighted by Gasteiger charge is 2.18. The van der Waals surface area contributed by atoms with Crippen molar-refractivity contribution in [3.05, 3.63) is 12.7 Å². The number of H-pyrrole nitrogens is 2. The average molecular weight is 291 g/mol. The molecule has 1 aliphatic rings. The zero-order valence-corrected chi connectivity index (χ0v) is 12.2. The minimum absolute atomic E-state index is 0.318. The number of likely N-dealkylation sites (tertiary alicyclic amines) is 1. The number of aromatic amines is 2.